The first-order valence-corrected chi connectivity index (χ1v) is 8.14. The van der Waals surface area contributed by atoms with E-state index in [2.05, 4.69) is 15.5 Å². The zero-order valence-corrected chi connectivity index (χ0v) is 12.2. The Balaban J connectivity index is 1.40. The number of amides is 1. The van der Waals surface area contributed by atoms with Crippen molar-refractivity contribution in [2.75, 3.05) is 26.2 Å². The van der Waals surface area contributed by atoms with Gasteiger partial charge in [-0.3, -0.25) is 9.69 Å². The molecule has 1 saturated heterocycles. The molecule has 0 spiro atoms. The van der Waals surface area contributed by atoms with Crippen molar-refractivity contribution in [3.63, 3.8) is 0 Å². The summed E-state index contributed by atoms with van der Waals surface area (Å²) in [5, 5.41) is 16.1. The van der Waals surface area contributed by atoms with Gasteiger partial charge >= 0.3 is 0 Å². The summed E-state index contributed by atoms with van der Waals surface area (Å²) in [6, 6.07) is 0.912. The van der Waals surface area contributed by atoms with E-state index in [1.807, 2.05) is 0 Å². The van der Waals surface area contributed by atoms with Crippen LogP contribution in [0.15, 0.2) is 0 Å². The van der Waals surface area contributed by atoms with E-state index in [1.165, 1.54) is 25.7 Å². The number of carbonyl (C=O) groups excluding carboxylic acids is 1. The van der Waals surface area contributed by atoms with Crippen LogP contribution in [0.5, 0.6) is 0 Å². The molecule has 5 heteroatoms. The number of rotatable bonds is 6. The molecule has 3 fully saturated rings. The van der Waals surface area contributed by atoms with Crippen molar-refractivity contribution in [2.24, 2.45) is 5.92 Å². The van der Waals surface area contributed by atoms with Crippen LogP contribution >= 0.6 is 0 Å². The Kier molecular flexibility index (Phi) is 4.58. The molecule has 3 rings (SSSR count). The fourth-order valence-corrected chi connectivity index (χ4v) is 3.55. The Labute approximate surface area is 121 Å². The second kappa shape index (κ2) is 6.41. The highest BCUT2D eigenvalue weighted by Crippen LogP contribution is 2.28. The molecular formula is C15H27N3O2. The summed E-state index contributed by atoms with van der Waals surface area (Å²) in [6.45, 7) is 3.09. The van der Waals surface area contributed by atoms with Crippen LogP contribution in [0.25, 0.3) is 0 Å². The molecule has 1 amide bonds. The Morgan fingerprint density at radius 1 is 1.20 bits per heavy atom. The second-order valence-corrected chi connectivity index (χ2v) is 6.67. The number of nitrogens with zero attached hydrogens (tertiary/aromatic N) is 1. The van der Waals surface area contributed by atoms with E-state index in [0.29, 0.717) is 18.6 Å². The third kappa shape index (κ3) is 3.71. The Bertz CT molecular complexity index is 346. The van der Waals surface area contributed by atoms with Gasteiger partial charge in [0.25, 0.3) is 0 Å². The van der Waals surface area contributed by atoms with Crippen molar-refractivity contribution in [3.05, 3.63) is 0 Å². The largest absolute Gasteiger partial charge is 0.392 e. The lowest BCUT2D eigenvalue weighted by atomic mass is 10.1. The van der Waals surface area contributed by atoms with Crippen molar-refractivity contribution in [1.82, 2.24) is 15.5 Å². The fourth-order valence-electron chi connectivity index (χ4n) is 3.55. The quantitative estimate of drug-likeness (QED) is 0.646. The molecule has 2 aliphatic carbocycles. The maximum Gasteiger partial charge on any atom is 0.233 e. The monoisotopic (exact) mass is 281 g/mol. The van der Waals surface area contributed by atoms with Gasteiger partial charge in [0.05, 0.1) is 12.6 Å². The molecule has 1 unspecified atom stereocenters. The lowest BCUT2D eigenvalue weighted by Crippen LogP contribution is -2.49. The van der Waals surface area contributed by atoms with Gasteiger partial charge in [0.2, 0.25) is 5.91 Å². The molecule has 0 aromatic rings. The van der Waals surface area contributed by atoms with Crippen LogP contribution in [0.3, 0.4) is 0 Å². The molecule has 1 aliphatic heterocycles. The summed E-state index contributed by atoms with van der Waals surface area (Å²) in [7, 11) is 0. The lowest BCUT2D eigenvalue weighted by molar-refractivity contribution is -0.120. The van der Waals surface area contributed by atoms with Gasteiger partial charge in [-0.15, -0.1) is 0 Å². The van der Waals surface area contributed by atoms with Gasteiger partial charge in [0.1, 0.15) is 0 Å². The molecule has 0 bridgehead atoms. The first kappa shape index (κ1) is 14.3. The zero-order chi connectivity index (χ0) is 13.9. The predicted molar refractivity (Wildman–Crippen MR) is 77.4 cm³/mol. The number of aliphatic hydroxyl groups is 1. The van der Waals surface area contributed by atoms with Gasteiger partial charge < -0.3 is 15.7 Å². The van der Waals surface area contributed by atoms with Gasteiger partial charge in [-0.2, -0.15) is 0 Å². The Morgan fingerprint density at radius 2 is 2.05 bits per heavy atom. The molecule has 114 valence electrons. The van der Waals surface area contributed by atoms with Crippen LogP contribution in [-0.2, 0) is 4.79 Å². The Morgan fingerprint density at radius 3 is 2.75 bits per heavy atom. The van der Waals surface area contributed by atoms with Crippen LogP contribution < -0.4 is 10.6 Å². The predicted octanol–water partition coefficient (Wildman–Crippen LogP) is 0.0899. The number of aliphatic hydroxyl groups excluding tert-OH is 1. The topological polar surface area (TPSA) is 64.6 Å². The van der Waals surface area contributed by atoms with E-state index in [9.17, 15) is 9.90 Å². The van der Waals surface area contributed by atoms with E-state index in [1.54, 1.807) is 0 Å². The minimum atomic E-state index is -0.155. The summed E-state index contributed by atoms with van der Waals surface area (Å²) in [5.41, 5.74) is 0. The summed E-state index contributed by atoms with van der Waals surface area (Å²) in [6.07, 6.45) is 6.84. The standard InChI is InChI=1S/C15H27N3O2/c19-12-6-7-18(10-12)14-3-1-2-13(14)16-9-15(20)17-8-11-4-5-11/h11-14,16,19H,1-10H2,(H,17,20)/t12?,13-,14+/m1/s1. The zero-order valence-electron chi connectivity index (χ0n) is 12.2. The highest BCUT2D eigenvalue weighted by atomic mass is 16.3. The van der Waals surface area contributed by atoms with Gasteiger partial charge in [-0.05, 0) is 38.0 Å². The SMILES string of the molecule is O=C(CN[C@@H]1CCC[C@@H]1N1CCC(O)C1)NCC1CC1. The summed E-state index contributed by atoms with van der Waals surface area (Å²) < 4.78 is 0. The molecule has 0 aromatic heterocycles. The molecule has 2 saturated carbocycles. The fraction of sp³-hybridized carbons (Fsp3) is 0.933. The van der Waals surface area contributed by atoms with E-state index in [0.717, 1.165) is 38.4 Å². The molecule has 3 N–H and O–H groups in total. The highest BCUT2D eigenvalue weighted by molar-refractivity contribution is 5.78. The highest BCUT2D eigenvalue weighted by Gasteiger charge is 2.35. The van der Waals surface area contributed by atoms with Crippen LogP contribution in [-0.4, -0.2) is 60.3 Å². The minimum Gasteiger partial charge on any atom is -0.392 e. The van der Waals surface area contributed by atoms with Crippen LogP contribution in [0.1, 0.15) is 38.5 Å². The van der Waals surface area contributed by atoms with Gasteiger partial charge in [0.15, 0.2) is 0 Å². The van der Waals surface area contributed by atoms with Crippen molar-refractivity contribution in [2.45, 2.75) is 56.7 Å². The number of hydrogen-bond acceptors (Lipinski definition) is 4. The lowest BCUT2D eigenvalue weighted by Gasteiger charge is -2.29. The third-order valence-electron chi connectivity index (χ3n) is 4.95. The maximum absolute atomic E-state index is 11.8. The van der Waals surface area contributed by atoms with E-state index in [-0.39, 0.29) is 12.0 Å². The van der Waals surface area contributed by atoms with E-state index >= 15 is 0 Å². The van der Waals surface area contributed by atoms with Crippen LogP contribution in [0, 0.1) is 5.92 Å². The number of nitrogens with one attached hydrogen (secondary N) is 2. The van der Waals surface area contributed by atoms with Crippen molar-refractivity contribution in [3.8, 4) is 0 Å². The molecule has 20 heavy (non-hydrogen) atoms. The van der Waals surface area contributed by atoms with Gasteiger partial charge in [-0.25, -0.2) is 0 Å². The van der Waals surface area contributed by atoms with E-state index in [4.69, 9.17) is 0 Å². The second-order valence-electron chi connectivity index (χ2n) is 6.67. The van der Waals surface area contributed by atoms with Crippen LogP contribution in [0.2, 0.25) is 0 Å². The van der Waals surface area contributed by atoms with Crippen LogP contribution in [0.4, 0.5) is 0 Å². The summed E-state index contributed by atoms with van der Waals surface area (Å²) in [4.78, 5) is 14.2. The molecule has 3 aliphatic rings. The molecule has 5 nitrogen and oxygen atoms in total. The average Bonchev–Trinajstić information content (AvgIpc) is 2.97. The summed E-state index contributed by atoms with van der Waals surface area (Å²) in [5.74, 6) is 0.869. The smallest absolute Gasteiger partial charge is 0.233 e. The van der Waals surface area contributed by atoms with Crippen molar-refractivity contribution >= 4 is 5.91 Å². The van der Waals surface area contributed by atoms with Gasteiger partial charge in [-0.1, -0.05) is 6.42 Å². The first-order chi connectivity index (χ1) is 9.72. The van der Waals surface area contributed by atoms with Crippen molar-refractivity contribution in [1.29, 1.82) is 0 Å². The third-order valence-corrected chi connectivity index (χ3v) is 4.95. The number of likely N-dealkylation sites (tertiary alicyclic amines) is 1. The first-order valence-electron chi connectivity index (χ1n) is 8.14. The molecule has 3 atom stereocenters. The molecular weight excluding hydrogens is 254 g/mol. The van der Waals surface area contributed by atoms with Gasteiger partial charge in [0, 0.05) is 31.7 Å². The number of carbonyl (C=O) groups is 1. The normalized spacial score (nSPS) is 34.5. The number of β-amino-alcohol motifs (C(OH)–C–C–N with tert-alkyl or cyclic N) is 1. The summed E-state index contributed by atoms with van der Waals surface area (Å²) >= 11 is 0. The average molecular weight is 281 g/mol. The van der Waals surface area contributed by atoms with Crippen molar-refractivity contribution < 1.29 is 9.90 Å². The molecule has 0 radical (unpaired) electrons. The Hall–Kier alpha value is -0.650. The molecule has 1 heterocycles. The minimum absolute atomic E-state index is 0.129. The molecule has 0 aromatic carbocycles. The number of hydrogen-bond donors (Lipinski definition) is 3. The van der Waals surface area contributed by atoms with E-state index < -0.39 is 0 Å². The maximum atomic E-state index is 11.8.